The molecule has 0 bridgehead atoms. The van der Waals surface area contributed by atoms with E-state index in [1.807, 2.05) is 0 Å². The van der Waals surface area contributed by atoms with Crippen LogP contribution in [0, 0.1) is 25.8 Å². The number of halogens is 2. The number of aryl methyl sites for hydroxylation is 2. The summed E-state index contributed by atoms with van der Waals surface area (Å²) in [6, 6.07) is 36.8. The van der Waals surface area contributed by atoms with Gasteiger partial charge in [0, 0.05) is 0 Å². The van der Waals surface area contributed by atoms with Crippen LogP contribution in [0.25, 0.3) is 21.5 Å². The van der Waals surface area contributed by atoms with Crippen molar-refractivity contribution in [1.82, 2.24) is 0 Å². The van der Waals surface area contributed by atoms with Crippen molar-refractivity contribution in [3.05, 3.63) is 149 Å². The van der Waals surface area contributed by atoms with Gasteiger partial charge in [-0.1, -0.05) is 56.2 Å². The van der Waals surface area contributed by atoms with E-state index in [2.05, 4.69) is 150 Å². The number of rotatable bonds is 2. The molecule has 0 nitrogen and oxygen atoms in total. The SMILES string of the molecule is CC1=[C-]C(C)C=C1C.Cc1ccc([C](=[Zr+2])c2ccc(C)cc2)cc1.[Cl-].[Cl-].c1ccc2c(c1)[cH-]c1ccccc12. The molecule has 0 aliphatic heterocycles. The third-order valence-corrected chi connectivity index (χ3v) is 8.16. The summed E-state index contributed by atoms with van der Waals surface area (Å²) in [6.45, 7) is 10.6. The van der Waals surface area contributed by atoms with E-state index in [1.54, 1.807) is 0 Å². The van der Waals surface area contributed by atoms with Gasteiger partial charge in [-0.25, -0.2) is 11.1 Å². The van der Waals surface area contributed by atoms with Crippen molar-refractivity contribution in [3.63, 3.8) is 0 Å². The molecule has 6 rings (SSSR count). The van der Waals surface area contributed by atoms with E-state index >= 15 is 0 Å². The van der Waals surface area contributed by atoms with Crippen LogP contribution >= 0.6 is 0 Å². The fourth-order valence-electron chi connectivity index (χ4n) is 4.51. The third-order valence-electron chi connectivity index (χ3n) is 6.74. The Balaban J connectivity index is 0.000000210. The van der Waals surface area contributed by atoms with Gasteiger partial charge in [-0.2, -0.15) is 6.08 Å². The molecule has 198 valence electrons. The summed E-state index contributed by atoms with van der Waals surface area (Å²) >= 11 is 1.46. The molecule has 0 aromatic heterocycles. The van der Waals surface area contributed by atoms with E-state index < -0.39 is 0 Å². The average Bonchev–Trinajstić information content (AvgIpc) is 3.43. The first-order valence-electron chi connectivity index (χ1n) is 12.9. The van der Waals surface area contributed by atoms with Crippen molar-refractivity contribution in [1.29, 1.82) is 0 Å². The van der Waals surface area contributed by atoms with E-state index in [4.69, 9.17) is 0 Å². The molecule has 0 spiro atoms. The summed E-state index contributed by atoms with van der Waals surface area (Å²) in [5.41, 5.74) is 8.02. The van der Waals surface area contributed by atoms with Gasteiger partial charge in [0.1, 0.15) is 0 Å². The average molecular weight is 629 g/mol. The summed E-state index contributed by atoms with van der Waals surface area (Å²) in [4.78, 5) is 0. The quantitative estimate of drug-likeness (QED) is 0.263. The predicted octanol–water partition coefficient (Wildman–Crippen LogP) is 3.47. The third kappa shape index (κ3) is 8.78. The summed E-state index contributed by atoms with van der Waals surface area (Å²) < 4.78 is 1.42. The van der Waals surface area contributed by atoms with Crippen LogP contribution in [0.2, 0.25) is 0 Å². The van der Waals surface area contributed by atoms with Crippen molar-refractivity contribution in [2.75, 3.05) is 0 Å². The van der Waals surface area contributed by atoms with E-state index in [9.17, 15) is 0 Å². The van der Waals surface area contributed by atoms with Gasteiger partial charge >= 0.3 is 112 Å². The predicted molar refractivity (Wildman–Crippen MR) is 158 cm³/mol. The molecule has 0 saturated carbocycles. The van der Waals surface area contributed by atoms with Crippen LogP contribution in [-0.2, 0) is 24.2 Å². The first-order chi connectivity index (χ1) is 17.8. The maximum Gasteiger partial charge on any atom is -0.0771 e. The summed E-state index contributed by atoms with van der Waals surface area (Å²) in [5, 5.41) is 5.39. The van der Waals surface area contributed by atoms with Crippen LogP contribution in [0.5, 0.6) is 0 Å². The standard InChI is InChI=1S/C15H14.C13H9.C8H11.2ClH.Zr/c1-12-3-7-14(8-4-12)11-15-9-5-13(2)6-10-15;1-3-7-12-10(5-1)9-11-6-2-4-8-13(11)12;1-6-4-7(2)8(3)5-6;;;/h3-10H,1-2H3;1-9H;4,6H,1-3H3;2*1H;/q;2*-1;;;+2/p-2. The zero-order chi connectivity index (χ0) is 26.4. The van der Waals surface area contributed by atoms with Gasteiger partial charge in [0.05, 0.1) is 0 Å². The number of hydrogen-bond acceptors (Lipinski definition) is 0. The first-order valence-corrected chi connectivity index (χ1v) is 14.1. The Morgan fingerprint density at radius 2 is 1.05 bits per heavy atom. The van der Waals surface area contributed by atoms with Gasteiger partial charge in [0.15, 0.2) is 0 Å². The van der Waals surface area contributed by atoms with Crippen LogP contribution in [0.15, 0.2) is 120 Å². The summed E-state index contributed by atoms with van der Waals surface area (Å²) in [7, 11) is 0. The largest absolute Gasteiger partial charge is 1.00 e. The molecule has 0 heterocycles. The smallest absolute Gasteiger partial charge is 0.0771 e. The van der Waals surface area contributed by atoms with E-state index in [-0.39, 0.29) is 24.8 Å². The van der Waals surface area contributed by atoms with Gasteiger partial charge in [0.25, 0.3) is 0 Å². The van der Waals surface area contributed by atoms with Crippen LogP contribution in [0.4, 0.5) is 0 Å². The minimum absolute atomic E-state index is 0. The molecule has 3 heteroatoms. The van der Waals surface area contributed by atoms with Crippen LogP contribution in [0.1, 0.15) is 43.0 Å². The molecule has 1 aliphatic rings. The second-order valence-electron chi connectivity index (χ2n) is 9.83. The van der Waals surface area contributed by atoms with Crippen LogP contribution in [0.3, 0.4) is 0 Å². The molecule has 0 saturated heterocycles. The summed E-state index contributed by atoms with van der Waals surface area (Å²) in [5.74, 6) is 0.551. The second kappa shape index (κ2) is 15.4. The molecule has 1 aliphatic carbocycles. The van der Waals surface area contributed by atoms with Crippen LogP contribution in [-0.4, -0.2) is 3.21 Å². The fourth-order valence-corrected chi connectivity index (χ4v) is 5.33. The Morgan fingerprint density at radius 1 is 0.641 bits per heavy atom. The van der Waals surface area contributed by atoms with Gasteiger partial charge < -0.3 is 24.8 Å². The minimum Gasteiger partial charge on any atom is -1.00 e. The topological polar surface area (TPSA) is 0 Å². The normalized spacial score (nSPS) is 13.6. The molecule has 0 N–H and O–H groups in total. The number of hydrogen-bond donors (Lipinski definition) is 0. The maximum atomic E-state index is 3.29. The Labute approximate surface area is 261 Å². The van der Waals surface area contributed by atoms with Crippen molar-refractivity contribution in [2.45, 2.75) is 34.6 Å². The molecule has 5 aromatic rings. The van der Waals surface area contributed by atoms with Crippen molar-refractivity contribution >= 4 is 24.8 Å². The van der Waals surface area contributed by atoms with E-state index in [0.717, 1.165) is 0 Å². The molecule has 0 fully saturated rings. The number of allylic oxidation sites excluding steroid dienone is 4. The fraction of sp³-hybridized carbons (Fsp3) is 0.167. The monoisotopic (exact) mass is 626 g/mol. The van der Waals surface area contributed by atoms with Gasteiger partial charge in [-0.05, 0) is 0 Å². The van der Waals surface area contributed by atoms with Gasteiger partial charge in [-0.3, -0.25) is 6.08 Å². The van der Waals surface area contributed by atoms with E-state index in [0.29, 0.717) is 5.92 Å². The molecule has 5 aromatic carbocycles. The Kier molecular flexibility index (Phi) is 12.9. The molecule has 1 atom stereocenters. The Morgan fingerprint density at radius 3 is 1.38 bits per heavy atom. The Bertz CT molecular complexity index is 1450. The van der Waals surface area contributed by atoms with Crippen LogP contribution < -0.4 is 24.8 Å². The second-order valence-corrected chi connectivity index (χ2v) is 11.1. The molecular formula is C36H34Cl2Zr-2. The molecule has 0 amide bonds. The summed E-state index contributed by atoms with van der Waals surface area (Å²) in [6.07, 6.45) is 5.52. The molecule has 1 unspecified atom stereocenters. The zero-order valence-electron chi connectivity index (χ0n) is 23.2. The van der Waals surface area contributed by atoms with E-state index in [1.165, 1.54) is 82.4 Å². The van der Waals surface area contributed by atoms with Gasteiger partial charge in [-0.15, -0.1) is 46.7 Å². The zero-order valence-corrected chi connectivity index (χ0v) is 27.2. The number of fused-ring (bicyclic) bond motifs is 3. The van der Waals surface area contributed by atoms with Crippen molar-refractivity contribution in [3.8, 4) is 0 Å². The first kappa shape index (κ1) is 32.8. The minimum atomic E-state index is 0. The Hall–Kier alpha value is -2.44. The van der Waals surface area contributed by atoms with Crippen molar-refractivity contribution in [2.24, 2.45) is 5.92 Å². The van der Waals surface area contributed by atoms with Gasteiger partial charge in [0.2, 0.25) is 0 Å². The maximum absolute atomic E-state index is 3.29. The molecular weight excluding hydrogens is 595 g/mol. The molecule has 39 heavy (non-hydrogen) atoms. The number of benzene rings is 4. The molecule has 0 radical (unpaired) electrons. The van der Waals surface area contributed by atoms with Crippen molar-refractivity contribution < 1.29 is 49.0 Å².